The molecular weight excluding hydrogens is 428 g/mol. The summed E-state index contributed by atoms with van der Waals surface area (Å²) in [4.78, 5) is 16.0. The van der Waals surface area contributed by atoms with Gasteiger partial charge in [-0.3, -0.25) is 0 Å². The van der Waals surface area contributed by atoms with Gasteiger partial charge in [0.25, 0.3) is 0 Å². The van der Waals surface area contributed by atoms with Gasteiger partial charge in [0, 0.05) is 35.5 Å². The molecule has 0 spiro atoms. The maximum Gasteiger partial charge on any atom is 0.355 e. The fourth-order valence-corrected chi connectivity index (χ4v) is 5.50. The van der Waals surface area contributed by atoms with Gasteiger partial charge in [-0.1, -0.05) is 31.0 Å². The van der Waals surface area contributed by atoms with E-state index in [1.54, 1.807) is 7.11 Å². The summed E-state index contributed by atoms with van der Waals surface area (Å²) in [6.07, 6.45) is 3.76. The lowest BCUT2D eigenvalue weighted by Crippen LogP contribution is -2.43. The van der Waals surface area contributed by atoms with Crippen LogP contribution in [-0.2, 0) is 16.9 Å². The van der Waals surface area contributed by atoms with Crippen molar-refractivity contribution in [2.75, 3.05) is 20.3 Å². The average Bonchev–Trinajstić information content (AvgIpc) is 3.19. The Labute approximate surface area is 201 Å². The first kappa shape index (κ1) is 24.3. The normalized spacial score (nSPS) is 20.4. The highest BCUT2D eigenvalue weighted by molar-refractivity contribution is 5.99. The third-order valence-electron chi connectivity index (χ3n) is 7.12. The van der Waals surface area contributed by atoms with Gasteiger partial charge in [0.15, 0.2) is 0 Å². The molecule has 6 nitrogen and oxygen atoms in total. The number of esters is 1. The van der Waals surface area contributed by atoms with E-state index in [1.807, 2.05) is 31.2 Å². The zero-order valence-corrected chi connectivity index (χ0v) is 20.7. The van der Waals surface area contributed by atoms with E-state index >= 15 is 0 Å². The molecule has 3 aromatic rings. The summed E-state index contributed by atoms with van der Waals surface area (Å²) in [6.45, 7) is 7.43. The van der Waals surface area contributed by atoms with Crippen LogP contribution in [0.15, 0.2) is 36.4 Å². The standard InChI is InChI=1S/C28H36N2O4/c1-5-34-27(31)26-23(25-19(3)13-18(2)14-24(25)30-26)17-29-16-21-9-6-7-12-28(21,32)20-10-8-11-22(15-20)33-4/h8,10-11,13-15,21,29-30,32H,5-7,9,12,16-17H2,1-4H3. The van der Waals surface area contributed by atoms with Gasteiger partial charge < -0.3 is 24.9 Å². The molecule has 1 aliphatic carbocycles. The first-order valence-corrected chi connectivity index (χ1v) is 12.2. The predicted octanol–water partition coefficient (Wildman–Crippen LogP) is 5.14. The van der Waals surface area contributed by atoms with Crippen molar-refractivity contribution in [1.82, 2.24) is 10.3 Å². The van der Waals surface area contributed by atoms with Gasteiger partial charge in [-0.15, -0.1) is 0 Å². The van der Waals surface area contributed by atoms with Crippen molar-refractivity contribution in [3.05, 3.63) is 64.3 Å². The van der Waals surface area contributed by atoms with Crippen molar-refractivity contribution in [3.63, 3.8) is 0 Å². The summed E-state index contributed by atoms with van der Waals surface area (Å²) in [5.74, 6) is 0.484. The van der Waals surface area contributed by atoms with Crippen molar-refractivity contribution in [1.29, 1.82) is 0 Å². The van der Waals surface area contributed by atoms with Crippen LogP contribution in [0, 0.1) is 19.8 Å². The second-order valence-electron chi connectivity index (χ2n) is 9.43. The molecule has 0 amide bonds. The molecule has 2 atom stereocenters. The van der Waals surface area contributed by atoms with Crippen LogP contribution in [-0.4, -0.2) is 36.3 Å². The van der Waals surface area contributed by atoms with Crippen LogP contribution in [0.5, 0.6) is 5.75 Å². The van der Waals surface area contributed by atoms with E-state index in [0.29, 0.717) is 25.4 Å². The number of fused-ring (bicyclic) bond motifs is 1. The van der Waals surface area contributed by atoms with Crippen molar-refractivity contribution in [2.45, 2.75) is 58.6 Å². The lowest BCUT2D eigenvalue weighted by Gasteiger charge is -2.41. The van der Waals surface area contributed by atoms with Crippen molar-refractivity contribution in [2.24, 2.45) is 5.92 Å². The van der Waals surface area contributed by atoms with Crippen LogP contribution < -0.4 is 10.1 Å². The highest BCUT2D eigenvalue weighted by Gasteiger charge is 2.40. The van der Waals surface area contributed by atoms with Crippen LogP contribution in [0.3, 0.4) is 0 Å². The summed E-state index contributed by atoms with van der Waals surface area (Å²) < 4.78 is 10.7. The number of ether oxygens (including phenoxy) is 2. The monoisotopic (exact) mass is 464 g/mol. The Kier molecular flexibility index (Phi) is 7.29. The smallest absolute Gasteiger partial charge is 0.355 e. The third-order valence-corrected chi connectivity index (χ3v) is 7.12. The number of carbonyl (C=O) groups excluding carboxylic acids is 1. The summed E-state index contributed by atoms with van der Waals surface area (Å²) in [6, 6.07) is 12.0. The molecule has 1 heterocycles. The Morgan fingerprint density at radius 2 is 2.06 bits per heavy atom. The second-order valence-corrected chi connectivity index (χ2v) is 9.43. The van der Waals surface area contributed by atoms with Crippen molar-refractivity contribution >= 4 is 16.9 Å². The Morgan fingerprint density at radius 3 is 2.82 bits per heavy atom. The number of carbonyl (C=O) groups is 1. The van der Waals surface area contributed by atoms with Crippen LogP contribution in [0.4, 0.5) is 0 Å². The molecule has 0 bridgehead atoms. The van der Waals surface area contributed by atoms with Crippen LogP contribution in [0.1, 0.15) is 65.3 Å². The van der Waals surface area contributed by atoms with E-state index in [1.165, 1.54) is 0 Å². The second kappa shape index (κ2) is 10.2. The number of H-pyrrole nitrogens is 1. The maximum absolute atomic E-state index is 12.7. The molecule has 2 aromatic carbocycles. The van der Waals surface area contributed by atoms with Crippen LogP contribution in [0.2, 0.25) is 0 Å². The van der Waals surface area contributed by atoms with Gasteiger partial charge >= 0.3 is 5.97 Å². The van der Waals surface area contributed by atoms with E-state index in [9.17, 15) is 9.90 Å². The molecule has 182 valence electrons. The van der Waals surface area contributed by atoms with Gasteiger partial charge in [-0.25, -0.2) is 4.79 Å². The predicted molar refractivity (Wildman–Crippen MR) is 134 cm³/mol. The van der Waals surface area contributed by atoms with Gasteiger partial charge in [0.05, 0.1) is 19.3 Å². The summed E-state index contributed by atoms with van der Waals surface area (Å²) in [5, 5.41) is 16.4. The van der Waals surface area contributed by atoms with E-state index in [0.717, 1.165) is 64.6 Å². The first-order valence-electron chi connectivity index (χ1n) is 12.2. The number of benzene rings is 2. The highest BCUT2D eigenvalue weighted by atomic mass is 16.5. The molecule has 3 N–H and O–H groups in total. The van der Waals surface area contributed by atoms with Gasteiger partial charge in [0.1, 0.15) is 11.4 Å². The van der Waals surface area contributed by atoms with Crippen LogP contribution in [0.25, 0.3) is 10.9 Å². The SMILES string of the molecule is CCOC(=O)c1[nH]c2cc(C)cc(C)c2c1CNCC1CCCCC1(O)c1cccc(OC)c1. The number of rotatable bonds is 8. The minimum atomic E-state index is -0.906. The molecule has 1 fully saturated rings. The van der Waals surface area contributed by atoms with E-state index < -0.39 is 5.60 Å². The summed E-state index contributed by atoms with van der Waals surface area (Å²) >= 11 is 0. The van der Waals surface area contributed by atoms with Crippen LogP contribution >= 0.6 is 0 Å². The lowest BCUT2D eigenvalue weighted by molar-refractivity contribution is -0.0538. The summed E-state index contributed by atoms with van der Waals surface area (Å²) in [5.41, 5.74) is 4.65. The number of aryl methyl sites for hydroxylation is 2. The quantitative estimate of drug-likeness (QED) is 0.402. The van der Waals surface area contributed by atoms with Crippen molar-refractivity contribution < 1.29 is 19.4 Å². The van der Waals surface area contributed by atoms with E-state index in [2.05, 4.69) is 36.3 Å². The van der Waals surface area contributed by atoms with Crippen molar-refractivity contribution in [3.8, 4) is 5.75 Å². The van der Waals surface area contributed by atoms with E-state index in [-0.39, 0.29) is 11.9 Å². The first-order chi connectivity index (χ1) is 16.4. The third kappa shape index (κ3) is 4.70. The zero-order valence-electron chi connectivity index (χ0n) is 20.7. The molecule has 0 radical (unpaired) electrons. The number of aromatic nitrogens is 1. The maximum atomic E-state index is 12.7. The number of methoxy groups -OCH3 is 1. The highest BCUT2D eigenvalue weighted by Crippen LogP contribution is 2.42. The van der Waals surface area contributed by atoms with Gasteiger partial charge in [0.2, 0.25) is 0 Å². The average molecular weight is 465 g/mol. The number of hydrogen-bond acceptors (Lipinski definition) is 5. The molecule has 34 heavy (non-hydrogen) atoms. The largest absolute Gasteiger partial charge is 0.497 e. The molecule has 4 rings (SSSR count). The van der Waals surface area contributed by atoms with Gasteiger partial charge in [-0.05, 0) is 68.5 Å². The molecule has 0 aliphatic heterocycles. The van der Waals surface area contributed by atoms with E-state index in [4.69, 9.17) is 9.47 Å². The number of hydrogen-bond donors (Lipinski definition) is 3. The molecule has 0 saturated heterocycles. The zero-order chi connectivity index (χ0) is 24.3. The minimum absolute atomic E-state index is 0.0629. The Hall–Kier alpha value is -2.83. The minimum Gasteiger partial charge on any atom is -0.497 e. The molecule has 6 heteroatoms. The topological polar surface area (TPSA) is 83.6 Å². The van der Waals surface area contributed by atoms with Gasteiger partial charge in [-0.2, -0.15) is 0 Å². The summed E-state index contributed by atoms with van der Waals surface area (Å²) in [7, 11) is 1.65. The molecule has 1 aliphatic rings. The Balaban J connectivity index is 1.58. The fraction of sp³-hybridized carbons (Fsp3) is 0.464. The molecule has 1 saturated carbocycles. The lowest BCUT2D eigenvalue weighted by atomic mass is 9.71. The number of aliphatic hydroxyl groups is 1. The fourth-order valence-electron chi connectivity index (χ4n) is 5.50. The number of aromatic amines is 1. The number of nitrogens with one attached hydrogen (secondary N) is 2. The molecule has 1 aromatic heterocycles. The molecule has 2 unspecified atom stereocenters. The molecular formula is C28H36N2O4. The Bertz CT molecular complexity index is 1170. The Morgan fingerprint density at radius 1 is 1.24 bits per heavy atom.